The number of hydrogen-bond acceptors (Lipinski definition) is 2. The van der Waals surface area contributed by atoms with E-state index in [0.717, 1.165) is 24.4 Å². The van der Waals surface area contributed by atoms with Gasteiger partial charge in [-0.25, -0.2) is 0 Å². The minimum atomic E-state index is 0.816. The van der Waals surface area contributed by atoms with E-state index in [9.17, 15) is 0 Å². The molecule has 0 bridgehead atoms. The molecule has 0 aliphatic heterocycles. The van der Waals surface area contributed by atoms with Crippen LogP contribution >= 0.6 is 0 Å². The minimum absolute atomic E-state index is 0.816. The van der Waals surface area contributed by atoms with Crippen molar-refractivity contribution in [2.24, 2.45) is 0 Å². The lowest BCUT2D eigenvalue weighted by atomic mass is 10.2. The molecule has 0 aromatic carbocycles. The molecule has 0 radical (unpaired) electrons. The van der Waals surface area contributed by atoms with Gasteiger partial charge in [-0.05, 0) is 27.8 Å². The summed E-state index contributed by atoms with van der Waals surface area (Å²) in [6, 6.07) is 0. The molecule has 0 saturated heterocycles. The number of hydrogen-bond donors (Lipinski definition) is 1. The van der Waals surface area contributed by atoms with Gasteiger partial charge in [0.1, 0.15) is 0 Å². The lowest BCUT2D eigenvalue weighted by Crippen LogP contribution is -2.08. The summed E-state index contributed by atoms with van der Waals surface area (Å²) in [5, 5.41) is 7.64. The predicted molar refractivity (Wildman–Crippen MR) is 59.3 cm³/mol. The van der Waals surface area contributed by atoms with Crippen molar-refractivity contribution in [2.45, 2.75) is 33.9 Å². The van der Waals surface area contributed by atoms with E-state index < -0.39 is 0 Å². The van der Waals surface area contributed by atoms with Crippen LogP contribution in [0.25, 0.3) is 0 Å². The normalized spacial score (nSPS) is 10.6. The second-order valence-electron chi connectivity index (χ2n) is 3.79. The van der Waals surface area contributed by atoms with Crippen LogP contribution in [-0.4, -0.2) is 16.8 Å². The van der Waals surface area contributed by atoms with Crippen molar-refractivity contribution < 1.29 is 0 Å². The number of aryl methyl sites for hydroxylation is 1. The zero-order chi connectivity index (χ0) is 10.7. The first-order valence-electron chi connectivity index (χ1n) is 4.88. The fourth-order valence-electron chi connectivity index (χ4n) is 1.58. The minimum Gasteiger partial charge on any atom is -0.316 e. The molecule has 0 spiro atoms. The molecule has 0 saturated carbocycles. The highest BCUT2D eigenvalue weighted by Gasteiger charge is 2.09. The second kappa shape index (κ2) is 4.42. The summed E-state index contributed by atoms with van der Waals surface area (Å²) in [5.74, 6) is 0. The third kappa shape index (κ3) is 2.23. The molecule has 0 amide bonds. The average Bonchev–Trinajstić information content (AvgIpc) is 2.32. The molecule has 1 heterocycles. The first-order valence-corrected chi connectivity index (χ1v) is 4.88. The number of allylic oxidation sites excluding steroid dienone is 1. The molecule has 0 aliphatic carbocycles. The van der Waals surface area contributed by atoms with Crippen molar-refractivity contribution in [3.8, 4) is 0 Å². The zero-order valence-electron chi connectivity index (χ0n) is 9.52. The van der Waals surface area contributed by atoms with Crippen LogP contribution in [0.3, 0.4) is 0 Å². The number of rotatable bonds is 4. The van der Waals surface area contributed by atoms with Gasteiger partial charge in [0.2, 0.25) is 0 Å². The lowest BCUT2D eigenvalue weighted by molar-refractivity contribution is 0.650. The zero-order valence-corrected chi connectivity index (χ0v) is 9.52. The molecule has 0 fully saturated rings. The van der Waals surface area contributed by atoms with E-state index in [-0.39, 0.29) is 0 Å². The largest absolute Gasteiger partial charge is 0.316 e. The molecule has 1 aromatic rings. The van der Waals surface area contributed by atoms with Gasteiger partial charge in [0.25, 0.3) is 0 Å². The highest BCUT2D eigenvalue weighted by Crippen LogP contribution is 2.13. The van der Waals surface area contributed by atoms with Gasteiger partial charge in [-0.2, -0.15) is 5.10 Å². The van der Waals surface area contributed by atoms with Gasteiger partial charge in [0, 0.05) is 17.8 Å². The summed E-state index contributed by atoms with van der Waals surface area (Å²) in [6.07, 6.45) is 0. The Labute approximate surface area is 85.8 Å². The van der Waals surface area contributed by atoms with Gasteiger partial charge in [-0.1, -0.05) is 12.2 Å². The monoisotopic (exact) mass is 193 g/mol. The van der Waals surface area contributed by atoms with Crippen molar-refractivity contribution in [3.63, 3.8) is 0 Å². The van der Waals surface area contributed by atoms with E-state index in [1.54, 1.807) is 0 Å². The predicted octanol–water partition coefficient (Wildman–Crippen LogP) is 1.80. The molecular formula is C11H19N3. The lowest BCUT2D eigenvalue weighted by Gasteiger charge is -2.04. The average molecular weight is 193 g/mol. The van der Waals surface area contributed by atoms with Crippen LogP contribution in [-0.2, 0) is 13.1 Å². The molecule has 1 N–H and O–H groups in total. The van der Waals surface area contributed by atoms with Crippen molar-refractivity contribution in [1.82, 2.24) is 15.1 Å². The van der Waals surface area contributed by atoms with Gasteiger partial charge >= 0.3 is 0 Å². The van der Waals surface area contributed by atoms with Crippen molar-refractivity contribution >= 4 is 0 Å². The van der Waals surface area contributed by atoms with Crippen LogP contribution in [0, 0.1) is 13.8 Å². The van der Waals surface area contributed by atoms with Gasteiger partial charge in [0.05, 0.1) is 12.2 Å². The first-order chi connectivity index (χ1) is 6.56. The number of nitrogens with zero attached hydrogens (tertiary/aromatic N) is 2. The molecule has 0 unspecified atom stereocenters. The maximum atomic E-state index is 4.48. The Morgan fingerprint density at radius 2 is 2.14 bits per heavy atom. The van der Waals surface area contributed by atoms with Crippen LogP contribution in [0.5, 0.6) is 0 Å². The van der Waals surface area contributed by atoms with Gasteiger partial charge in [-0.15, -0.1) is 0 Å². The Kier molecular flexibility index (Phi) is 3.47. The Morgan fingerprint density at radius 1 is 1.50 bits per heavy atom. The second-order valence-corrected chi connectivity index (χ2v) is 3.79. The Hall–Kier alpha value is -1.09. The molecular weight excluding hydrogens is 174 g/mol. The molecule has 1 aromatic heterocycles. The fraction of sp³-hybridized carbons (Fsp3) is 0.545. The van der Waals surface area contributed by atoms with E-state index in [1.807, 2.05) is 18.7 Å². The third-order valence-electron chi connectivity index (χ3n) is 2.30. The summed E-state index contributed by atoms with van der Waals surface area (Å²) < 4.78 is 2.02. The van der Waals surface area contributed by atoms with Crippen LogP contribution in [0.4, 0.5) is 0 Å². The van der Waals surface area contributed by atoms with E-state index in [4.69, 9.17) is 0 Å². The summed E-state index contributed by atoms with van der Waals surface area (Å²) in [5.41, 5.74) is 4.78. The first kappa shape index (κ1) is 11.0. The molecule has 3 heteroatoms. The van der Waals surface area contributed by atoms with E-state index in [1.165, 1.54) is 11.3 Å². The summed E-state index contributed by atoms with van der Waals surface area (Å²) in [7, 11) is 1.95. The Balaban J connectivity index is 2.97. The summed E-state index contributed by atoms with van der Waals surface area (Å²) in [6.45, 7) is 11.8. The van der Waals surface area contributed by atoms with E-state index in [0.29, 0.717) is 0 Å². The van der Waals surface area contributed by atoms with Gasteiger partial charge in [-0.3, -0.25) is 4.68 Å². The van der Waals surface area contributed by atoms with E-state index >= 15 is 0 Å². The van der Waals surface area contributed by atoms with Gasteiger partial charge < -0.3 is 5.32 Å². The van der Waals surface area contributed by atoms with Crippen LogP contribution < -0.4 is 5.32 Å². The maximum absolute atomic E-state index is 4.48. The fourth-order valence-corrected chi connectivity index (χ4v) is 1.58. The standard InChI is InChI=1S/C11H19N3/c1-8(2)7-14-10(4)11(6-12-5)9(3)13-14/h12H,1,6-7H2,2-5H3. The van der Waals surface area contributed by atoms with Gasteiger partial charge in [0.15, 0.2) is 0 Å². The summed E-state index contributed by atoms with van der Waals surface area (Å²) >= 11 is 0. The number of aromatic nitrogens is 2. The SMILES string of the molecule is C=C(C)Cn1nc(C)c(CNC)c1C. The van der Waals surface area contributed by atoms with Crippen LogP contribution in [0.15, 0.2) is 12.2 Å². The maximum Gasteiger partial charge on any atom is 0.0641 e. The van der Waals surface area contributed by atoms with Crippen molar-refractivity contribution in [2.75, 3.05) is 7.05 Å². The molecule has 78 valence electrons. The van der Waals surface area contributed by atoms with Crippen molar-refractivity contribution in [3.05, 3.63) is 29.1 Å². The molecule has 1 rings (SSSR count). The highest BCUT2D eigenvalue weighted by molar-refractivity contribution is 5.24. The summed E-state index contributed by atoms with van der Waals surface area (Å²) in [4.78, 5) is 0. The molecule has 14 heavy (non-hydrogen) atoms. The van der Waals surface area contributed by atoms with Crippen LogP contribution in [0.1, 0.15) is 23.9 Å². The number of nitrogens with one attached hydrogen (secondary N) is 1. The Morgan fingerprint density at radius 3 is 2.64 bits per heavy atom. The molecule has 0 aliphatic rings. The molecule has 0 atom stereocenters. The topological polar surface area (TPSA) is 29.9 Å². The smallest absolute Gasteiger partial charge is 0.0641 e. The van der Waals surface area contributed by atoms with E-state index in [2.05, 4.69) is 30.8 Å². The highest BCUT2D eigenvalue weighted by atomic mass is 15.3. The molecule has 3 nitrogen and oxygen atoms in total. The quantitative estimate of drug-likeness (QED) is 0.739. The van der Waals surface area contributed by atoms with Crippen LogP contribution in [0.2, 0.25) is 0 Å². The Bertz CT molecular complexity index is 337. The van der Waals surface area contributed by atoms with Crippen molar-refractivity contribution in [1.29, 1.82) is 0 Å². The third-order valence-corrected chi connectivity index (χ3v) is 2.30.